The molecule has 1 fully saturated rings. The fourth-order valence-corrected chi connectivity index (χ4v) is 4.43. The van der Waals surface area contributed by atoms with Crippen LogP contribution in [-0.2, 0) is 13.1 Å². The van der Waals surface area contributed by atoms with Crippen molar-refractivity contribution in [3.8, 4) is 17.2 Å². The summed E-state index contributed by atoms with van der Waals surface area (Å²) in [6.45, 7) is 9.13. The summed E-state index contributed by atoms with van der Waals surface area (Å²) in [7, 11) is 5.04. The summed E-state index contributed by atoms with van der Waals surface area (Å²) < 4.78 is 16.3. The normalized spacial score (nSPS) is 17.5. The first kappa shape index (κ1) is 23.4. The Labute approximate surface area is 186 Å². The van der Waals surface area contributed by atoms with E-state index in [2.05, 4.69) is 47.9 Å². The van der Waals surface area contributed by atoms with Crippen molar-refractivity contribution < 1.29 is 19.3 Å². The van der Waals surface area contributed by atoms with Gasteiger partial charge >= 0.3 is 0 Å². The van der Waals surface area contributed by atoms with Gasteiger partial charge < -0.3 is 19.3 Å². The Morgan fingerprint density at radius 2 is 1.58 bits per heavy atom. The number of ether oxygens (including phenoxy) is 3. The van der Waals surface area contributed by atoms with Crippen molar-refractivity contribution in [1.29, 1.82) is 0 Å². The maximum absolute atomic E-state index is 9.68. The zero-order valence-electron chi connectivity index (χ0n) is 19.5. The van der Waals surface area contributed by atoms with E-state index in [0.29, 0.717) is 6.04 Å². The third kappa shape index (κ3) is 5.50. The van der Waals surface area contributed by atoms with Gasteiger partial charge in [-0.1, -0.05) is 12.1 Å². The summed E-state index contributed by atoms with van der Waals surface area (Å²) in [5.41, 5.74) is 5.02. The second kappa shape index (κ2) is 10.8. The Hall–Kier alpha value is -2.28. The Kier molecular flexibility index (Phi) is 8.18. The number of methoxy groups -OCH3 is 3. The summed E-state index contributed by atoms with van der Waals surface area (Å²) in [6, 6.07) is 10.7. The number of aliphatic hydroxyl groups is 1. The molecule has 1 saturated heterocycles. The third-order valence-electron chi connectivity index (χ3n) is 6.45. The maximum atomic E-state index is 9.68. The molecule has 6 nitrogen and oxygen atoms in total. The van der Waals surface area contributed by atoms with E-state index in [1.807, 2.05) is 6.07 Å². The molecule has 2 aromatic carbocycles. The van der Waals surface area contributed by atoms with E-state index in [1.165, 1.54) is 22.3 Å². The van der Waals surface area contributed by atoms with Crippen LogP contribution in [0.15, 0.2) is 30.3 Å². The van der Waals surface area contributed by atoms with Gasteiger partial charge in [0.15, 0.2) is 11.5 Å². The molecule has 0 aromatic heterocycles. The highest BCUT2D eigenvalue weighted by Crippen LogP contribution is 2.29. The van der Waals surface area contributed by atoms with Crippen LogP contribution in [-0.4, -0.2) is 68.5 Å². The molecule has 0 aliphatic carbocycles. The summed E-state index contributed by atoms with van der Waals surface area (Å²) in [5, 5.41) is 9.68. The Morgan fingerprint density at radius 3 is 2.26 bits per heavy atom. The third-order valence-corrected chi connectivity index (χ3v) is 6.45. The van der Waals surface area contributed by atoms with E-state index >= 15 is 0 Å². The molecular weight excluding hydrogens is 392 g/mol. The minimum absolute atomic E-state index is 0.200. The van der Waals surface area contributed by atoms with E-state index in [4.69, 9.17) is 14.2 Å². The van der Waals surface area contributed by atoms with Gasteiger partial charge in [0.1, 0.15) is 5.75 Å². The first-order valence-corrected chi connectivity index (χ1v) is 10.9. The van der Waals surface area contributed by atoms with Gasteiger partial charge in [0.2, 0.25) is 0 Å². The highest BCUT2D eigenvalue weighted by atomic mass is 16.5. The van der Waals surface area contributed by atoms with Crippen LogP contribution in [0.4, 0.5) is 0 Å². The molecule has 170 valence electrons. The van der Waals surface area contributed by atoms with E-state index in [-0.39, 0.29) is 6.61 Å². The molecule has 0 bridgehead atoms. The number of rotatable bonds is 9. The van der Waals surface area contributed by atoms with Crippen LogP contribution in [0.2, 0.25) is 0 Å². The van der Waals surface area contributed by atoms with Crippen molar-refractivity contribution in [1.82, 2.24) is 9.80 Å². The molecule has 1 heterocycles. The monoisotopic (exact) mass is 428 g/mol. The number of hydrogen-bond donors (Lipinski definition) is 1. The molecule has 1 aliphatic heterocycles. The molecule has 0 amide bonds. The van der Waals surface area contributed by atoms with Crippen LogP contribution in [0, 0.1) is 13.8 Å². The fourth-order valence-electron chi connectivity index (χ4n) is 4.43. The van der Waals surface area contributed by atoms with Gasteiger partial charge in [-0.05, 0) is 60.7 Å². The van der Waals surface area contributed by atoms with Crippen molar-refractivity contribution in [2.24, 2.45) is 0 Å². The molecule has 3 rings (SSSR count). The summed E-state index contributed by atoms with van der Waals surface area (Å²) in [6.07, 6.45) is 0.774. The molecule has 1 atom stereocenters. The number of piperazine rings is 1. The maximum Gasteiger partial charge on any atom is 0.161 e. The minimum Gasteiger partial charge on any atom is -0.496 e. The lowest BCUT2D eigenvalue weighted by Gasteiger charge is -2.42. The van der Waals surface area contributed by atoms with Gasteiger partial charge in [0, 0.05) is 45.4 Å². The minimum atomic E-state index is 0.200. The van der Waals surface area contributed by atoms with E-state index < -0.39 is 0 Å². The molecule has 31 heavy (non-hydrogen) atoms. The summed E-state index contributed by atoms with van der Waals surface area (Å²) in [5.74, 6) is 2.45. The molecule has 2 aromatic rings. The fraction of sp³-hybridized carbons (Fsp3) is 0.520. The Morgan fingerprint density at radius 1 is 0.871 bits per heavy atom. The number of hydrogen-bond acceptors (Lipinski definition) is 6. The van der Waals surface area contributed by atoms with Crippen LogP contribution in [0.5, 0.6) is 17.2 Å². The van der Waals surface area contributed by atoms with Gasteiger partial charge in [0.05, 0.1) is 21.3 Å². The molecule has 1 unspecified atom stereocenters. The van der Waals surface area contributed by atoms with Crippen molar-refractivity contribution in [3.05, 3.63) is 52.6 Å². The van der Waals surface area contributed by atoms with E-state index in [1.54, 1.807) is 21.3 Å². The van der Waals surface area contributed by atoms with Crippen LogP contribution in [0.3, 0.4) is 0 Å². The summed E-state index contributed by atoms with van der Waals surface area (Å²) in [4.78, 5) is 4.97. The average molecular weight is 429 g/mol. The van der Waals surface area contributed by atoms with Crippen molar-refractivity contribution >= 4 is 0 Å². The first-order valence-electron chi connectivity index (χ1n) is 10.9. The van der Waals surface area contributed by atoms with Gasteiger partial charge in [-0.3, -0.25) is 9.80 Å². The first-order chi connectivity index (χ1) is 15.0. The highest BCUT2D eigenvalue weighted by Gasteiger charge is 2.27. The predicted molar refractivity (Wildman–Crippen MR) is 123 cm³/mol. The molecule has 1 N–H and O–H groups in total. The van der Waals surface area contributed by atoms with Crippen LogP contribution in [0.1, 0.15) is 28.7 Å². The molecule has 1 aliphatic rings. The van der Waals surface area contributed by atoms with Gasteiger partial charge in [-0.15, -0.1) is 0 Å². The zero-order chi connectivity index (χ0) is 22.4. The van der Waals surface area contributed by atoms with Crippen molar-refractivity contribution in [3.63, 3.8) is 0 Å². The lowest BCUT2D eigenvalue weighted by atomic mass is 10.00. The summed E-state index contributed by atoms with van der Waals surface area (Å²) >= 11 is 0. The van der Waals surface area contributed by atoms with Crippen molar-refractivity contribution in [2.75, 3.05) is 47.6 Å². The lowest BCUT2D eigenvalue weighted by Crippen LogP contribution is -2.52. The standard InChI is InChI=1S/C25H36N2O4/c1-18-19(2)23(29-3)9-7-21(18)16-27-12-11-26(17-22(27)10-13-28)15-20-6-8-24(30-4)25(14-20)31-5/h6-9,14,22,28H,10-13,15-17H2,1-5H3. The van der Waals surface area contributed by atoms with Crippen LogP contribution < -0.4 is 14.2 Å². The average Bonchev–Trinajstić information content (AvgIpc) is 2.78. The molecule has 0 spiro atoms. The molecule has 0 radical (unpaired) electrons. The van der Waals surface area contributed by atoms with E-state index in [9.17, 15) is 5.11 Å². The van der Waals surface area contributed by atoms with Crippen LogP contribution in [0.25, 0.3) is 0 Å². The van der Waals surface area contributed by atoms with Crippen LogP contribution >= 0.6 is 0 Å². The molecular formula is C25H36N2O4. The quantitative estimate of drug-likeness (QED) is 0.661. The Bertz CT molecular complexity index is 871. The second-order valence-electron chi connectivity index (χ2n) is 8.24. The zero-order valence-corrected chi connectivity index (χ0v) is 19.5. The topological polar surface area (TPSA) is 54.4 Å². The number of benzene rings is 2. The lowest BCUT2D eigenvalue weighted by molar-refractivity contribution is 0.0498. The van der Waals surface area contributed by atoms with E-state index in [0.717, 1.165) is 56.4 Å². The Balaban J connectivity index is 1.69. The largest absolute Gasteiger partial charge is 0.496 e. The van der Waals surface area contributed by atoms with Gasteiger partial charge in [0.25, 0.3) is 0 Å². The smallest absolute Gasteiger partial charge is 0.161 e. The van der Waals surface area contributed by atoms with Gasteiger partial charge in [-0.2, -0.15) is 0 Å². The molecule has 6 heteroatoms. The number of aliphatic hydroxyl groups excluding tert-OH is 1. The number of nitrogens with zero attached hydrogens (tertiary/aromatic N) is 2. The van der Waals surface area contributed by atoms with Gasteiger partial charge in [-0.25, -0.2) is 0 Å². The molecule has 0 saturated carbocycles. The van der Waals surface area contributed by atoms with Crippen molar-refractivity contribution in [2.45, 2.75) is 39.4 Å². The SMILES string of the molecule is COc1ccc(CN2CCN(Cc3ccc(OC)c(C)c3C)C(CCO)C2)cc1OC. The second-order valence-corrected chi connectivity index (χ2v) is 8.24. The highest BCUT2D eigenvalue weighted by molar-refractivity contribution is 5.44. The predicted octanol–water partition coefficient (Wildman–Crippen LogP) is 3.40.